The molecule has 3 atom stereocenters. The Morgan fingerprint density at radius 3 is 2.49 bits per heavy atom. The first-order chi connectivity index (χ1) is 20.9. The average molecular weight is 576 g/mol. The number of hydrogen-bond donors (Lipinski definition) is 0. The van der Waals surface area contributed by atoms with Gasteiger partial charge in [-0.25, -0.2) is 4.98 Å². The van der Waals surface area contributed by atoms with E-state index in [1.165, 1.54) is 16.8 Å². The smallest absolute Gasteiger partial charge is 0.246 e. The van der Waals surface area contributed by atoms with E-state index in [-0.39, 0.29) is 30.6 Å². The van der Waals surface area contributed by atoms with E-state index in [1.54, 1.807) is 4.90 Å². The Hall–Kier alpha value is -4.60. The molecule has 4 heterocycles. The van der Waals surface area contributed by atoms with Crippen molar-refractivity contribution in [3.63, 3.8) is 0 Å². The van der Waals surface area contributed by atoms with E-state index in [2.05, 4.69) is 89.7 Å². The lowest BCUT2D eigenvalue weighted by Crippen LogP contribution is -2.55. The van der Waals surface area contributed by atoms with E-state index in [1.807, 2.05) is 0 Å². The van der Waals surface area contributed by atoms with Crippen molar-refractivity contribution in [2.45, 2.75) is 51.5 Å². The van der Waals surface area contributed by atoms with Gasteiger partial charge in [-0.2, -0.15) is 10.5 Å². The summed E-state index contributed by atoms with van der Waals surface area (Å²) in [7, 11) is 0. The van der Waals surface area contributed by atoms with E-state index < -0.39 is 0 Å². The van der Waals surface area contributed by atoms with Gasteiger partial charge in [0, 0.05) is 62.5 Å². The van der Waals surface area contributed by atoms with Gasteiger partial charge in [0.25, 0.3) is 0 Å². The monoisotopic (exact) mass is 575 g/mol. The topological polar surface area (TPSA) is 99.7 Å². The van der Waals surface area contributed by atoms with Crippen LogP contribution in [0.2, 0.25) is 0 Å². The number of carbonyl (C=O) groups is 1. The van der Waals surface area contributed by atoms with Crippen LogP contribution in [-0.4, -0.2) is 73.3 Å². The molecule has 0 spiro atoms. The summed E-state index contributed by atoms with van der Waals surface area (Å²) in [4.78, 5) is 26.4. The summed E-state index contributed by atoms with van der Waals surface area (Å²) in [6, 6.07) is 19.4. The van der Waals surface area contributed by atoms with E-state index in [0.29, 0.717) is 50.6 Å². The minimum absolute atomic E-state index is 0.0113. The number of fused-ring (bicyclic) bond motifs is 2. The standard InChI is InChI=1S/C34H37N7O2/c1-4-32(42)41-17-16-39(21-26(41)12-14-35)33-28-13-15-38(31-11-7-9-25-8-5-6-10-27(25)31)22-30(28)29(18-36)34(37-33)40-19-23(2)43-24(3)20-40/h4-11,23-24,26H,1,12-13,15-17,19-22H2,2-3H3. The van der Waals surface area contributed by atoms with Crippen LogP contribution in [-0.2, 0) is 22.5 Å². The highest BCUT2D eigenvalue weighted by molar-refractivity contribution is 5.94. The Kier molecular flexibility index (Phi) is 7.92. The van der Waals surface area contributed by atoms with E-state index in [4.69, 9.17) is 9.72 Å². The number of amides is 1. The second-order valence-corrected chi connectivity index (χ2v) is 11.7. The molecule has 3 unspecified atom stereocenters. The first-order valence-corrected chi connectivity index (χ1v) is 15.1. The van der Waals surface area contributed by atoms with Gasteiger partial charge in [-0.05, 0) is 43.4 Å². The molecule has 6 rings (SSSR count). The van der Waals surface area contributed by atoms with Gasteiger partial charge in [-0.1, -0.05) is 43.0 Å². The number of ether oxygens (including phenoxy) is 1. The molecule has 3 aliphatic heterocycles. The quantitative estimate of drug-likeness (QED) is 0.413. The number of aromatic nitrogens is 1. The number of pyridine rings is 1. The molecule has 1 aromatic heterocycles. The molecule has 2 fully saturated rings. The number of benzene rings is 2. The maximum Gasteiger partial charge on any atom is 0.246 e. The van der Waals surface area contributed by atoms with Crippen molar-refractivity contribution in [3.8, 4) is 12.1 Å². The molecule has 1 amide bonds. The van der Waals surface area contributed by atoms with E-state index in [0.717, 1.165) is 35.6 Å². The number of hydrogen-bond acceptors (Lipinski definition) is 8. The molecule has 220 valence electrons. The molecule has 0 saturated carbocycles. The molecular formula is C34H37N7O2. The highest BCUT2D eigenvalue weighted by Crippen LogP contribution is 2.39. The van der Waals surface area contributed by atoms with Crippen molar-refractivity contribution >= 4 is 34.0 Å². The van der Waals surface area contributed by atoms with Crippen LogP contribution in [0.15, 0.2) is 55.1 Å². The Balaban J connectivity index is 1.45. The Bertz CT molecular complexity index is 1620. The van der Waals surface area contributed by atoms with Crippen molar-refractivity contribution < 1.29 is 9.53 Å². The maximum absolute atomic E-state index is 12.6. The molecule has 9 heteroatoms. The van der Waals surface area contributed by atoms with Crippen LogP contribution in [0.5, 0.6) is 0 Å². The zero-order valence-electron chi connectivity index (χ0n) is 24.9. The Morgan fingerprint density at radius 2 is 1.74 bits per heavy atom. The molecule has 0 aliphatic carbocycles. The maximum atomic E-state index is 12.6. The third-order valence-corrected chi connectivity index (χ3v) is 8.86. The van der Waals surface area contributed by atoms with Crippen LogP contribution in [0.25, 0.3) is 10.8 Å². The highest BCUT2D eigenvalue weighted by atomic mass is 16.5. The molecule has 2 aromatic carbocycles. The lowest BCUT2D eigenvalue weighted by molar-refractivity contribution is -0.128. The molecule has 0 radical (unpaired) electrons. The number of carbonyl (C=O) groups excluding carboxylic acids is 1. The molecule has 0 bridgehead atoms. The summed E-state index contributed by atoms with van der Waals surface area (Å²) < 4.78 is 6.03. The highest BCUT2D eigenvalue weighted by Gasteiger charge is 2.36. The fraction of sp³-hybridized carbons (Fsp3) is 0.412. The van der Waals surface area contributed by atoms with E-state index >= 15 is 0 Å². The minimum Gasteiger partial charge on any atom is -0.372 e. The predicted molar refractivity (Wildman–Crippen MR) is 168 cm³/mol. The normalized spacial score (nSPS) is 22.1. The summed E-state index contributed by atoms with van der Waals surface area (Å²) >= 11 is 0. The molecule has 0 N–H and O–H groups in total. The van der Waals surface area contributed by atoms with Gasteiger partial charge in [0.05, 0.1) is 36.3 Å². The minimum atomic E-state index is -0.264. The van der Waals surface area contributed by atoms with Gasteiger partial charge in [0.2, 0.25) is 5.91 Å². The number of piperazine rings is 1. The fourth-order valence-electron chi connectivity index (χ4n) is 6.98. The number of rotatable bonds is 5. The summed E-state index contributed by atoms with van der Waals surface area (Å²) in [5, 5.41) is 22.6. The van der Waals surface area contributed by atoms with Gasteiger partial charge in [-0.15, -0.1) is 0 Å². The molecule has 3 aliphatic rings. The predicted octanol–water partition coefficient (Wildman–Crippen LogP) is 4.40. The Labute approximate surface area is 253 Å². The largest absolute Gasteiger partial charge is 0.372 e. The Morgan fingerprint density at radius 1 is 0.977 bits per heavy atom. The number of morpholine rings is 1. The second-order valence-electron chi connectivity index (χ2n) is 11.7. The van der Waals surface area contributed by atoms with Crippen molar-refractivity contribution in [1.82, 2.24) is 9.88 Å². The third kappa shape index (κ3) is 5.37. The van der Waals surface area contributed by atoms with E-state index in [9.17, 15) is 15.3 Å². The zero-order chi connectivity index (χ0) is 30.1. The lowest BCUT2D eigenvalue weighted by atomic mass is 9.93. The van der Waals surface area contributed by atoms with Gasteiger partial charge in [0.15, 0.2) is 0 Å². The summed E-state index contributed by atoms with van der Waals surface area (Å²) in [6.07, 6.45) is 2.31. The average Bonchev–Trinajstić information content (AvgIpc) is 3.02. The summed E-state index contributed by atoms with van der Waals surface area (Å²) in [5.74, 6) is 1.40. The van der Waals surface area contributed by atoms with Crippen molar-refractivity contribution in [2.75, 3.05) is 54.0 Å². The van der Waals surface area contributed by atoms with Crippen LogP contribution < -0.4 is 14.7 Å². The van der Waals surface area contributed by atoms with Crippen LogP contribution >= 0.6 is 0 Å². The van der Waals surface area contributed by atoms with Gasteiger partial charge in [-0.3, -0.25) is 4.79 Å². The zero-order valence-corrected chi connectivity index (χ0v) is 24.9. The number of anilines is 3. The van der Waals surface area contributed by atoms with Crippen LogP contribution in [0.4, 0.5) is 17.3 Å². The molecule has 2 saturated heterocycles. The van der Waals surface area contributed by atoms with Crippen molar-refractivity contribution in [1.29, 1.82) is 10.5 Å². The second kappa shape index (κ2) is 11.9. The molecule has 3 aromatic rings. The fourth-order valence-corrected chi connectivity index (χ4v) is 6.98. The van der Waals surface area contributed by atoms with Gasteiger partial charge >= 0.3 is 0 Å². The summed E-state index contributed by atoms with van der Waals surface area (Å²) in [6.45, 7) is 12.0. The first-order valence-electron chi connectivity index (χ1n) is 15.1. The van der Waals surface area contributed by atoms with Crippen LogP contribution in [0.3, 0.4) is 0 Å². The summed E-state index contributed by atoms with van der Waals surface area (Å²) in [5.41, 5.74) is 3.88. The number of nitriles is 2. The van der Waals surface area contributed by atoms with Gasteiger partial charge < -0.3 is 24.3 Å². The SMILES string of the molecule is C=CC(=O)N1CCN(c2nc(N3CC(C)OC(C)C3)c(C#N)c3c2CCN(c2cccc4ccccc24)C3)CC1CC#N. The van der Waals surface area contributed by atoms with Crippen LogP contribution in [0, 0.1) is 22.7 Å². The van der Waals surface area contributed by atoms with Gasteiger partial charge in [0.1, 0.15) is 17.7 Å². The van der Waals surface area contributed by atoms with Crippen molar-refractivity contribution in [3.05, 3.63) is 71.8 Å². The van der Waals surface area contributed by atoms with Crippen LogP contribution in [0.1, 0.15) is 37.0 Å². The molecule has 43 heavy (non-hydrogen) atoms. The third-order valence-electron chi connectivity index (χ3n) is 8.86. The molecule has 9 nitrogen and oxygen atoms in total. The number of nitrogens with zero attached hydrogens (tertiary/aromatic N) is 7. The van der Waals surface area contributed by atoms with Crippen molar-refractivity contribution in [2.24, 2.45) is 0 Å². The lowest BCUT2D eigenvalue weighted by Gasteiger charge is -2.43. The molecular weight excluding hydrogens is 538 g/mol. The first kappa shape index (κ1) is 28.5.